The molecule has 0 saturated heterocycles. The summed E-state index contributed by atoms with van der Waals surface area (Å²) < 4.78 is 19.4. The molecule has 0 radical (unpaired) electrons. The van der Waals surface area contributed by atoms with Crippen molar-refractivity contribution in [2.75, 3.05) is 7.11 Å². The Labute approximate surface area is 80.3 Å². The minimum Gasteiger partial charge on any atom is -0.378 e. The molecule has 0 atom stereocenters. The highest BCUT2D eigenvalue weighted by Crippen LogP contribution is 2.11. The lowest BCUT2D eigenvalue weighted by Crippen LogP contribution is -1.98. The number of ether oxygens (including phenoxy) is 1. The zero-order valence-corrected chi connectivity index (χ0v) is 7.99. The summed E-state index contributed by atoms with van der Waals surface area (Å²) in [6.07, 6.45) is 1.16. The van der Waals surface area contributed by atoms with Gasteiger partial charge in [-0.1, -0.05) is 0 Å². The van der Waals surface area contributed by atoms with E-state index in [2.05, 4.69) is 10.1 Å². The third-order valence-electron chi connectivity index (χ3n) is 1.99. The Hall–Kier alpha value is -1.49. The second-order valence-electron chi connectivity index (χ2n) is 3.03. The van der Waals surface area contributed by atoms with E-state index >= 15 is 0 Å². The minimum absolute atomic E-state index is 0.376. The van der Waals surface area contributed by atoms with Crippen LogP contribution in [0.4, 0.5) is 4.39 Å². The highest BCUT2D eigenvalue weighted by molar-refractivity contribution is 5.51. The second-order valence-corrected chi connectivity index (χ2v) is 3.03. The molecule has 5 heteroatoms. The van der Waals surface area contributed by atoms with Gasteiger partial charge in [0.15, 0.2) is 0 Å². The van der Waals surface area contributed by atoms with Crippen molar-refractivity contribution in [3.8, 4) is 0 Å². The van der Waals surface area contributed by atoms with Crippen molar-refractivity contribution in [3.63, 3.8) is 0 Å². The summed E-state index contributed by atoms with van der Waals surface area (Å²) >= 11 is 0. The molecule has 0 N–H and O–H groups in total. The summed E-state index contributed by atoms with van der Waals surface area (Å²) in [5.74, 6) is -0.465. The summed E-state index contributed by atoms with van der Waals surface area (Å²) in [5, 5.41) is 4.04. The van der Waals surface area contributed by atoms with E-state index in [1.807, 2.05) is 6.92 Å². The van der Waals surface area contributed by atoms with Gasteiger partial charge in [-0.05, 0) is 13.0 Å². The Bertz CT molecular complexity index is 427. The van der Waals surface area contributed by atoms with Crippen molar-refractivity contribution in [2.45, 2.75) is 13.5 Å². The monoisotopic (exact) mass is 195 g/mol. The van der Waals surface area contributed by atoms with Crippen LogP contribution in [0.2, 0.25) is 0 Å². The molecular weight excluding hydrogens is 185 g/mol. The highest BCUT2D eigenvalue weighted by atomic mass is 19.1. The van der Waals surface area contributed by atoms with Gasteiger partial charge < -0.3 is 4.74 Å². The van der Waals surface area contributed by atoms with Gasteiger partial charge in [0.1, 0.15) is 0 Å². The summed E-state index contributed by atoms with van der Waals surface area (Å²) in [6.45, 7) is 2.19. The molecule has 2 aromatic rings. The topological polar surface area (TPSA) is 39.4 Å². The molecule has 0 aliphatic rings. The van der Waals surface area contributed by atoms with E-state index < -0.39 is 5.95 Å². The van der Waals surface area contributed by atoms with Crippen LogP contribution in [0, 0.1) is 12.9 Å². The minimum atomic E-state index is -0.465. The summed E-state index contributed by atoms with van der Waals surface area (Å²) in [4.78, 5) is 3.90. The standard InChI is InChI=1S/C9H10FN3O/c1-6-8-3-7(5-14-2)12-13(8)9(10)4-11-6/h3-4H,5H2,1-2H3. The van der Waals surface area contributed by atoms with E-state index in [9.17, 15) is 4.39 Å². The van der Waals surface area contributed by atoms with Crippen molar-refractivity contribution < 1.29 is 9.13 Å². The molecule has 0 spiro atoms. The third kappa shape index (κ3) is 1.35. The van der Waals surface area contributed by atoms with Crippen LogP contribution in [0.3, 0.4) is 0 Å². The Balaban J connectivity index is 2.63. The number of aromatic nitrogens is 3. The Morgan fingerprint density at radius 1 is 1.57 bits per heavy atom. The number of halogens is 1. The normalized spacial score (nSPS) is 11.1. The van der Waals surface area contributed by atoms with Gasteiger partial charge in [-0.25, -0.2) is 4.52 Å². The maximum absolute atomic E-state index is 13.2. The van der Waals surface area contributed by atoms with Gasteiger partial charge in [-0.15, -0.1) is 0 Å². The predicted octanol–water partition coefficient (Wildman–Crippen LogP) is 1.32. The molecule has 0 aromatic carbocycles. The summed E-state index contributed by atoms with van der Waals surface area (Å²) in [5.41, 5.74) is 2.13. The zero-order chi connectivity index (χ0) is 10.1. The van der Waals surface area contributed by atoms with Gasteiger partial charge in [0, 0.05) is 7.11 Å². The maximum Gasteiger partial charge on any atom is 0.233 e. The third-order valence-corrected chi connectivity index (χ3v) is 1.99. The summed E-state index contributed by atoms with van der Waals surface area (Å²) in [6, 6.07) is 1.77. The Morgan fingerprint density at radius 3 is 3.00 bits per heavy atom. The highest BCUT2D eigenvalue weighted by Gasteiger charge is 2.07. The average Bonchev–Trinajstić information content (AvgIpc) is 2.57. The first-order valence-corrected chi connectivity index (χ1v) is 4.21. The van der Waals surface area contributed by atoms with E-state index in [0.717, 1.165) is 11.9 Å². The molecule has 0 fully saturated rings. The van der Waals surface area contributed by atoms with E-state index in [0.29, 0.717) is 17.8 Å². The molecule has 0 unspecified atom stereocenters. The molecule has 14 heavy (non-hydrogen) atoms. The largest absolute Gasteiger partial charge is 0.378 e. The van der Waals surface area contributed by atoms with Crippen LogP contribution < -0.4 is 0 Å². The van der Waals surface area contributed by atoms with E-state index in [-0.39, 0.29) is 0 Å². The van der Waals surface area contributed by atoms with Gasteiger partial charge in [-0.2, -0.15) is 9.49 Å². The van der Waals surface area contributed by atoms with Crippen LogP contribution in [0.15, 0.2) is 12.3 Å². The lowest BCUT2D eigenvalue weighted by Gasteiger charge is -1.96. The lowest BCUT2D eigenvalue weighted by atomic mass is 10.3. The first-order chi connectivity index (χ1) is 6.72. The van der Waals surface area contributed by atoms with Gasteiger partial charge in [0.05, 0.1) is 29.7 Å². The predicted molar refractivity (Wildman–Crippen MR) is 48.4 cm³/mol. The molecule has 2 rings (SSSR count). The number of nitrogens with zero attached hydrogens (tertiary/aromatic N) is 3. The van der Waals surface area contributed by atoms with Gasteiger partial charge in [-0.3, -0.25) is 4.98 Å². The Kier molecular flexibility index (Phi) is 2.17. The van der Waals surface area contributed by atoms with E-state index in [4.69, 9.17) is 4.74 Å². The molecule has 74 valence electrons. The van der Waals surface area contributed by atoms with Gasteiger partial charge >= 0.3 is 0 Å². The van der Waals surface area contributed by atoms with Crippen LogP contribution in [-0.2, 0) is 11.3 Å². The molecule has 4 nitrogen and oxygen atoms in total. The molecule has 0 amide bonds. The number of hydrogen-bond acceptors (Lipinski definition) is 3. The van der Waals surface area contributed by atoms with Crippen molar-refractivity contribution in [1.82, 2.24) is 14.6 Å². The smallest absolute Gasteiger partial charge is 0.233 e. The van der Waals surface area contributed by atoms with Crippen LogP contribution >= 0.6 is 0 Å². The van der Waals surface area contributed by atoms with E-state index in [1.54, 1.807) is 13.2 Å². The molecule has 0 saturated carbocycles. The molecular formula is C9H10FN3O. The van der Waals surface area contributed by atoms with Crippen molar-refractivity contribution in [3.05, 3.63) is 29.6 Å². The first kappa shape index (κ1) is 9.08. The van der Waals surface area contributed by atoms with Crippen LogP contribution in [-0.4, -0.2) is 21.7 Å². The fourth-order valence-electron chi connectivity index (χ4n) is 1.34. The van der Waals surface area contributed by atoms with Crippen LogP contribution in [0.25, 0.3) is 5.52 Å². The van der Waals surface area contributed by atoms with Crippen LogP contribution in [0.5, 0.6) is 0 Å². The molecule has 0 aliphatic heterocycles. The number of aryl methyl sites for hydroxylation is 1. The average molecular weight is 195 g/mol. The van der Waals surface area contributed by atoms with Gasteiger partial charge in [0.2, 0.25) is 5.95 Å². The van der Waals surface area contributed by atoms with Gasteiger partial charge in [0.25, 0.3) is 0 Å². The summed E-state index contributed by atoms with van der Waals surface area (Å²) in [7, 11) is 1.57. The first-order valence-electron chi connectivity index (χ1n) is 4.21. The van der Waals surface area contributed by atoms with E-state index in [1.165, 1.54) is 4.52 Å². The molecule has 0 aliphatic carbocycles. The fraction of sp³-hybridized carbons (Fsp3) is 0.333. The zero-order valence-electron chi connectivity index (χ0n) is 7.99. The Morgan fingerprint density at radius 2 is 2.36 bits per heavy atom. The number of fused-ring (bicyclic) bond motifs is 1. The SMILES string of the molecule is COCc1cc2c(C)ncc(F)n2n1. The van der Waals surface area contributed by atoms with Crippen molar-refractivity contribution in [2.24, 2.45) is 0 Å². The lowest BCUT2D eigenvalue weighted by molar-refractivity contribution is 0.181. The number of methoxy groups -OCH3 is 1. The maximum atomic E-state index is 13.2. The van der Waals surface area contributed by atoms with Crippen molar-refractivity contribution >= 4 is 5.52 Å². The fourth-order valence-corrected chi connectivity index (χ4v) is 1.34. The molecule has 0 bridgehead atoms. The molecule has 2 aromatic heterocycles. The number of rotatable bonds is 2. The van der Waals surface area contributed by atoms with Crippen LogP contribution in [0.1, 0.15) is 11.4 Å². The number of hydrogen-bond donors (Lipinski definition) is 0. The van der Waals surface area contributed by atoms with Crippen molar-refractivity contribution in [1.29, 1.82) is 0 Å². The molecule has 2 heterocycles. The second kappa shape index (κ2) is 3.34. The quantitative estimate of drug-likeness (QED) is 0.725.